The number of likely N-dealkylation sites (N-methyl/N-ethyl adjacent to an activating group) is 1. The van der Waals surface area contributed by atoms with Crippen molar-refractivity contribution in [3.8, 4) is 0 Å². The second-order valence-electron chi connectivity index (χ2n) is 3.86. The maximum absolute atomic E-state index is 5.33. The van der Waals surface area contributed by atoms with E-state index >= 15 is 0 Å². The summed E-state index contributed by atoms with van der Waals surface area (Å²) in [5, 5.41) is 3.48. The first-order chi connectivity index (χ1) is 6.88. The molecule has 2 heterocycles. The van der Waals surface area contributed by atoms with Gasteiger partial charge in [0.05, 0.1) is 12.8 Å². The minimum atomic E-state index is 0.676. The molecule has 0 bridgehead atoms. The second kappa shape index (κ2) is 4.62. The fraction of sp³-hybridized carbons (Fsp3) is 0.636. The molecule has 78 valence electrons. The Hall–Kier alpha value is -0.800. The molecule has 0 aromatic carbocycles. The zero-order chi connectivity index (χ0) is 9.80. The van der Waals surface area contributed by atoms with Gasteiger partial charge in [-0.25, -0.2) is 0 Å². The van der Waals surface area contributed by atoms with Crippen molar-refractivity contribution in [2.24, 2.45) is 0 Å². The largest absolute Gasteiger partial charge is 0.468 e. The Morgan fingerprint density at radius 3 is 3.29 bits per heavy atom. The van der Waals surface area contributed by atoms with E-state index < -0.39 is 0 Å². The van der Waals surface area contributed by atoms with Gasteiger partial charge in [0.2, 0.25) is 0 Å². The van der Waals surface area contributed by atoms with Crippen molar-refractivity contribution in [1.29, 1.82) is 0 Å². The van der Waals surface area contributed by atoms with Gasteiger partial charge >= 0.3 is 0 Å². The lowest BCUT2D eigenvalue weighted by atomic mass is 10.3. The van der Waals surface area contributed by atoms with Gasteiger partial charge in [0.15, 0.2) is 0 Å². The molecule has 0 spiro atoms. The zero-order valence-corrected chi connectivity index (χ0v) is 8.70. The molecule has 1 aromatic rings. The van der Waals surface area contributed by atoms with Crippen LogP contribution < -0.4 is 5.32 Å². The Labute approximate surface area is 85.1 Å². The van der Waals surface area contributed by atoms with Gasteiger partial charge in [-0.05, 0) is 25.1 Å². The van der Waals surface area contributed by atoms with Crippen LogP contribution in [0.4, 0.5) is 0 Å². The van der Waals surface area contributed by atoms with Crippen LogP contribution in [0, 0.1) is 0 Å². The molecule has 1 aliphatic heterocycles. The Balaban J connectivity index is 1.79. The molecule has 2 rings (SSSR count). The third-order valence-corrected chi connectivity index (χ3v) is 2.72. The fourth-order valence-corrected chi connectivity index (χ4v) is 2.05. The van der Waals surface area contributed by atoms with Crippen LogP contribution in [0.1, 0.15) is 19.1 Å². The molecule has 0 aliphatic carbocycles. The number of furan rings is 1. The molecule has 0 saturated carbocycles. The third kappa shape index (κ3) is 2.36. The number of rotatable bonds is 4. The molecule has 1 N–H and O–H groups in total. The average molecular weight is 194 g/mol. The maximum atomic E-state index is 5.33. The SMILES string of the molecule is CCNC1CCN(Cc2ccco2)C1. The summed E-state index contributed by atoms with van der Waals surface area (Å²) >= 11 is 0. The van der Waals surface area contributed by atoms with Crippen LogP contribution in [-0.4, -0.2) is 30.6 Å². The molecule has 14 heavy (non-hydrogen) atoms. The first-order valence-electron chi connectivity index (χ1n) is 5.36. The lowest BCUT2D eigenvalue weighted by Crippen LogP contribution is -2.31. The quantitative estimate of drug-likeness (QED) is 0.786. The van der Waals surface area contributed by atoms with E-state index in [1.54, 1.807) is 6.26 Å². The van der Waals surface area contributed by atoms with Crippen molar-refractivity contribution in [3.63, 3.8) is 0 Å². The van der Waals surface area contributed by atoms with E-state index in [1.165, 1.54) is 13.0 Å². The third-order valence-electron chi connectivity index (χ3n) is 2.72. The average Bonchev–Trinajstić information content (AvgIpc) is 2.79. The van der Waals surface area contributed by atoms with E-state index in [2.05, 4.69) is 17.1 Å². The number of likely N-dealkylation sites (tertiary alicyclic amines) is 1. The van der Waals surface area contributed by atoms with Gasteiger partial charge < -0.3 is 9.73 Å². The van der Waals surface area contributed by atoms with Crippen LogP contribution in [-0.2, 0) is 6.54 Å². The standard InChI is InChI=1S/C11H18N2O/c1-2-12-10-5-6-13(8-10)9-11-4-3-7-14-11/h3-4,7,10,12H,2,5-6,8-9H2,1H3. The second-order valence-corrected chi connectivity index (χ2v) is 3.86. The number of nitrogens with one attached hydrogen (secondary N) is 1. The predicted molar refractivity (Wildman–Crippen MR) is 56.1 cm³/mol. The highest BCUT2D eigenvalue weighted by atomic mass is 16.3. The van der Waals surface area contributed by atoms with Gasteiger partial charge in [-0.1, -0.05) is 6.92 Å². The van der Waals surface area contributed by atoms with Crippen LogP contribution in [0.25, 0.3) is 0 Å². The van der Waals surface area contributed by atoms with E-state index in [1.807, 2.05) is 12.1 Å². The van der Waals surface area contributed by atoms with Gasteiger partial charge in [-0.3, -0.25) is 4.90 Å². The summed E-state index contributed by atoms with van der Waals surface area (Å²) < 4.78 is 5.33. The summed E-state index contributed by atoms with van der Waals surface area (Å²) in [6, 6.07) is 4.67. The Kier molecular flexibility index (Phi) is 3.22. The van der Waals surface area contributed by atoms with Gasteiger partial charge in [-0.2, -0.15) is 0 Å². The number of hydrogen-bond acceptors (Lipinski definition) is 3. The molecule has 3 heteroatoms. The summed E-state index contributed by atoms with van der Waals surface area (Å²) in [5.74, 6) is 1.07. The highest BCUT2D eigenvalue weighted by Gasteiger charge is 2.21. The van der Waals surface area contributed by atoms with E-state index in [0.29, 0.717) is 6.04 Å². The van der Waals surface area contributed by atoms with Crippen molar-refractivity contribution in [3.05, 3.63) is 24.2 Å². The van der Waals surface area contributed by atoms with E-state index in [-0.39, 0.29) is 0 Å². The summed E-state index contributed by atoms with van der Waals surface area (Å²) in [6.45, 7) is 6.51. The molecule has 1 saturated heterocycles. The molecule has 1 atom stereocenters. The Bertz CT molecular complexity index is 258. The van der Waals surface area contributed by atoms with Gasteiger partial charge in [0.1, 0.15) is 5.76 Å². The van der Waals surface area contributed by atoms with Crippen molar-refractivity contribution < 1.29 is 4.42 Å². The first-order valence-corrected chi connectivity index (χ1v) is 5.36. The lowest BCUT2D eigenvalue weighted by Gasteiger charge is -2.14. The predicted octanol–water partition coefficient (Wildman–Crippen LogP) is 1.46. The van der Waals surface area contributed by atoms with Crippen molar-refractivity contribution in [2.45, 2.75) is 25.9 Å². The molecule has 0 radical (unpaired) electrons. The molecule has 1 aliphatic rings. The minimum Gasteiger partial charge on any atom is -0.468 e. The lowest BCUT2D eigenvalue weighted by molar-refractivity contribution is 0.290. The monoisotopic (exact) mass is 194 g/mol. The Morgan fingerprint density at radius 2 is 2.57 bits per heavy atom. The minimum absolute atomic E-state index is 0.676. The van der Waals surface area contributed by atoms with Crippen LogP contribution in [0.5, 0.6) is 0 Å². The molecule has 0 amide bonds. The highest BCUT2D eigenvalue weighted by molar-refractivity contribution is 4.98. The molecular formula is C11H18N2O. The first kappa shape index (κ1) is 9.74. The van der Waals surface area contributed by atoms with Crippen LogP contribution in [0.2, 0.25) is 0 Å². The molecule has 1 fully saturated rings. The fourth-order valence-electron chi connectivity index (χ4n) is 2.05. The van der Waals surface area contributed by atoms with Crippen LogP contribution in [0.15, 0.2) is 22.8 Å². The van der Waals surface area contributed by atoms with E-state index in [0.717, 1.165) is 25.4 Å². The summed E-state index contributed by atoms with van der Waals surface area (Å²) in [5.41, 5.74) is 0. The summed E-state index contributed by atoms with van der Waals surface area (Å²) in [7, 11) is 0. The van der Waals surface area contributed by atoms with Gasteiger partial charge in [-0.15, -0.1) is 0 Å². The van der Waals surface area contributed by atoms with Crippen LogP contribution >= 0.6 is 0 Å². The normalized spacial score (nSPS) is 23.1. The maximum Gasteiger partial charge on any atom is 0.117 e. The molecule has 3 nitrogen and oxygen atoms in total. The highest BCUT2D eigenvalue weighted by Crippen LogP contribution is 2.13. The molecule has 1 aromatic heterocycles. The van der Waals surface area contributed by atoms with Crippen LogP contribution in [0.3, 0.4) is 0 Å². The van der Waals surface area contributed by atoms with E-state index in [9.17, 15) is 0 Å². The van der Waals surface area contributed by atoms with Gasteiger partial charge in [0, 0.05) is 19.1 Å². The van der Waals surface area contributed by atoms with Crippen molar-refractivity contribution in [2.75, 3.05) is 19.6 Å². The molecule has 1 unspecified atom stereocenters. The topological polar surface area (TPSA) is 28.4 Å². The van der Waals surface area contributed by atoms with Crippen molar-refractivity contribution in [1.82, 2.24) is 10.2 Å². The summed E-state index contributed by atoms with van der Waals surface area (Å²) in [6.07, 6.45) is 3.00. The Morgan fingerprint density at radius 1 is 1.64 bits per heavy atom. The smallest absolute Gasteiger partial charge is 0.117 e. The van der Waals surface area contributed by atoms with Gasteiger partial charge in [0.25, 0.3) is 0 Å². The summed E-state index contributed by atoms with van der Waals surface area (Å²) in [4.78, 5) is 2.44. The zero-order valence-electron chi connectivity index (χ0n) is 8.70. The number of hydrogen-bond donors (Lipinski definition) is 1. The number of nitrogens with zero attached hydrogens (tertiary/aromatic N) is 1. The van der Waals surface area contributed by atoms with E-state index in [4.69, 9.17) is 4.42 Å². The molecular weight excluding hydrogens is 176 g/mol. The van der Waals surface area contributed by atoms with Crippen molar-refractivity contribution >= 4 is 0 Å².